The summed E-state index contributed by atoms with van der Waals surface area (Å²) in [5, 5.41) is 9.35. The third kappa shape index (κ3) is 2.19. The van der Waals surface area contributed by atoms with Crippen molar-refractivity contribution in [1.29, 1.82) is 0 Å². The van der Waals surface area contributed by atoms with Gasteiger partial charge >= 0.3 is 0 Å². The van der Waals surface area contributed by atoms with Gasteiger partial charge in [0, 0.05) is 11.1 Å². The number of rotatable bonds is 1. The van der Waals surface area contributed by atoms with E-state index in [1.807, 2.05) is 44.2 Å². The molecule has 1 aliphatic heterocycles. The maximum absolute atomic E-state index is 9.35. The Morgan fingerprint density at radius 2 is 1.89 bits per heavy atom. The van der Waals surface area contributed by atoms with E-state index in [-0.39, 0.29) is 11.4 Å². The Balaban J connectivity index is 2.17. The van der Waals surface area contributed by atoms with E-state index in [0.29, 0.717) is 0 Å². The smallest absolute Gasteiger partial charge is 0.133 e. The summed E-state index contributed by atoms with van der Waals surface area (Å²) in [5.41, 5.74) is 2.52. The molecule has 19 heavy (non-hydrogen) atoms. The number of aromatic nitrogens is 1. The first-order valence-electron chi connectivity index (χ1n) is 6.22. The molecule has 1 aliphatic rings. The number of hydrogen-bond donors (Lipinski definition) is 1. The van der Waals surface area contributed by atoms with Crippen LogP contribution >= 0.6 is 0 Å². The Bertz CT molecular complexity index is 642. The quantitative estimate of drug-likeness (QED) is 0.847. The Kier molecular flexibility index (Phi) is 2.56. The fourth-order valence-electron chi connectivity index (χ4n) is 2.27. The molecule has 0 atom stereocenters. The van der Waals surface area contributed by atoms with Gasteiger partial charge in [0.25, 0.3) is 0 Å². The highest BCUT2D eigenvalue weighted by Gasteiger charge is 2.27. The third-order valence-corrected chi connectivity index (χ3v) is 3.07. The minimum Gasteiger partial charge on any atom is -0.506 e. The van der Waals surface area contributed by atoms with Gasteiger partial charge in [0.05, 0.1) is 11.9 Å². The number of benzene rings is 1. The van der Waals surface area contributed by atoms with Gasteiger partial charge in [-0.3, -0.25) is 4.98 Å². The molecule has 1 N–H and O–H groups in total. The van der Waals surface area contributed by atoms with Crippen LogP contribution in [0.2, 0.25) is 0 Å². The minimum absolute atomic E-state index is 0.170. The van der Waals surface area contributed by atoms with E-state index in [0.717, 1.165) is 22.6 Å². The van der Waals surface area contributed by atoms with Crippen LogP contribution in [0.25, 0.3) is 5.57 Å². The lowest BCUT2D eigenvalue weighted by molar-refractivity contribution is 0.158. The number of fused-ring (bicyclic) bond motifs is 1. The predicted octanol–water partition coefficient (Wildman–Crippen LogP) is 3.39. The number of nitrogens with zero attached hydrogens (tertiary/aromatic N) is 1. The molecule has 0 saturated carbocycles. The molecule has 3 nitrogen and oxygen atoms in total. The van der Waals surface area contributed by atoms with Crippen LogP contribution in [-0.2, 0) is 0 Å². The summed E-state index contributed by atoms with van der Waals surface area (Å²) in [6.07, 6.45) is 3.52. The van der Waals surface area contributed by atoms with Crippen LogP contribution < -0.4 is 4.74 Å². The fraction of sp³-hybridized carbons (Fsp3) is 0.188. The van der Waals surface area contributed by atoms with Gasteiger partial charge in [-0.1, -0.05) is 18.2 Å². The second-order valence-corrected chi connectivity index (χ2v) is 5.16. The third-order valence-electron chi connectivity index (χ3n) is 3.07. The summed E-state index contributed by atoms with van der Waals surface area (Å²) in [6.45, 7) is 4.03. The van der Waals surface area contributed by atoms with Crippen molar-refractivity contribution in [1.82, 2.24) is 4.98 Å². The molecule has 2 aromatic rings. The number of hydrogen-bond acceptors (Lipinski definition) is 3. The van der Waals surface area contributed by atoms with Gasteiger partial charge in [-0.15, -0.1) is 0 Å². The normalized spacial score (nSPS) is 16.2. The summed E-state index contributed by atoms with van der Waals surface area (Å²) >= 11 is 0. The van der Waals surface area contributed by atoms with Gasteiger partial charge in [-0.25, -0.2) is 0 Å². The fourth-order valence-corrected chi connectivity index (χ4v) is 2.27. The van der Waals surface area contributed by atoms with Crippen LogP contribution in [-0.4, -0.2) is 15.7 Å². The molecule has 0 amide bonds. The Morgan fingerprint density at radius 1 is 1.11 bits per heavy atom. The van der Waals surface area contributed by atoms with E-state index in [4.69, 9.17) is 4.74 Å². The number of aromatic hydroxyl groups is 1. The van der Waals surface area contributed by atoms with E-state index in [9.17, 15) is 5.11 Å². The van der Waals surface area contributed by atoms with Gasteiger partial charge < -0.3 is 9.84 Å². The highest BCUT2D eigenvalue weighted by Crippen LogP contribution is 2.38. The molecule has 1 aromatic heterocycles. The summed E-state index contributed by atoms with van der Waals surface area (Å²) in [7, 11) is 0. The summed E-state index contributed by atoms with van der Waals surface area (Å²) in [4.78, 5) is 4.29. The monoisotopic (exact) mass is 253 g/mol. The van der Waals surface area contributed by atoms with Crippen molar-refractivity contribution in [2.45, 2.75) is 19.4 Å². The van der Waals surface area contributed by atoms with E-state index < -0.39 is 0 Å². The van der Waals surface area contributed by atoms with Crippen molar-refractivity contribution in [3.8, 4) is 11.5 Å². The van der Waals surface area contributed by atoms with Crippen molar-refractivity contribution < 1.29 is 9.84 Å². The standard InChI is InChI=1S/C16H15NO2/c1-16(2)9-13(14-8-7-11(18)10-17-14)12-5-3-4-6-15(12)19-16/h3-10,18H,1-2H3. The molecule has 1 aromatic carbocycles. The van der Waals surface area contributed by atoms with Gasteiger partial charge in [0.1, 0.15) is 17.1 Å². The maximum Gasteiger partial charge on any atom is 0.133 e. The van der Waals surface area contributed by atoms with Gasteiger partial charge in [0.15, 0.2) is 0 Å². The maximum atomic E-state index is 9.35. The average molecular weight is 253 g/mol. The second kappa shape index (κ2) is 4.12. The number of para-hydroxylation sites is 1. The highest BCUT2D eigenvalue weighted by molar-refractivity contribution is 5.83. The van der Waals surface area contributed by atoms with Crippen LogP contribution in [0.5, 0.6) is 11.5 Å². The van der Waals surface area contributed by atoms with E-state index in [2.05, 4.69) is 11.1 Å². The zero-order chi connectivity index (χ0) is 13.5. The highest BCUT2D eigenvalue weighted by atomic mass is 16.5. The SMILES string of the molecule is CC1(C)C=C(c2ccc(O)cn2)c2ccccc2O1. The lowest BCUT2D eigenvalue weighted by Gasteiger charge is -2.30. The van der Waals surface area contributed by atoms with Gasteiger partial charge in [0.2, 0.25) is 0 Å². The zero-order valence-electron chi connectivity index (χ0n) is 10.9. The molecule has 3 rings (SSSR count). The Labute approximate surface area is 112 Å². The summed E-state index contributed by atoms with van der Waals surface area (Å²) in [6, 6.07) is 11.4. The number of pyridine rings is 1. The number of ether oxygens (including phenoxy) is 1. The second-order valence-electron chi connectivity index (χ2n) is 5.16. The molecule has 0 saturated heterocycles. The van der Waals surface area contributed by atoms with Crippen LogP contribution in [0.3, 0.4) is 0 Å². The van der Waals surface area contributed by atoms with Crippen LogP contribution in [0, 0.1) is 0 Å². The molecule has 0 aliphatic carbocycles. The minimum atomic E-state index is -0.372. The molecular weight excluding hydrogens is 238 g/mol. The van der Waals surface area contributed by atoms with Crippen molar-refractivity contribution >= 4 is 5.57 Å². The molecule has 96 valence electrons. The van der Waals surface area contributed by atoms with Gasteiger partial charge in [-0.05, 0) is 38.1 Å². The molecule has 0 bridgehead atoms. The molecule has 3 heteroatoms. The van der Waals surface area contributed by atoms with Crippen LogP contribution in [0.4, 0.5) is 0 Å². The molecule has 2 heterocycles. The first kappa shape index (κ1) is 11.8. The van der Waals surface area contributed by atoms with Crippen LogP contribution in [0.15, 0.2) is 48.7 Å². The van der Waals surface area contributed by atoms with Crippen molar-refractivity contribution in [3.05, 3.63) is 59.9 Å². The molecule has 0 fully saturated rings. The van der Waals surface area contributed by atoms with E-state index >= 15 is 0 Å². The Morgan fingerprint density at radius 3 is 2.63 bits per heavy atom. The predicted molar refractivity (Wildman–Crippen MR) is 74.1 cm³/mol. The lowest BCUT2D eigenvalue weighted by atomic mass is 9.92. The summed E-state index contributed by atoms with van der Waals surface area (Å²) < 4.78 is 5.94. The lowest BCUT2D eigenvalue weighted by Crippen LogP contribution is -2.29. The molecular formula is C16H15NO2. The summed E-state index contributed by atoms with van der Waals surface area (Å²) in [5.74, 6) is 1.03. The van der Waals surface area contributed by atoms with Crippen LogP contribution in [0.1, 0.15) is 25.1 Å². The topological polar surface area (TPSA) is 42.4 Å². The van der Waals surface area contributed by atoms with E-state index in [1.54, 1.807) is 6.07 Å². The first-order chi connectivity index (χ1) is 9.05. The molecule has 0 unspecified atom stereocenters. The molecule has 0 spiro atoms. The van der Waals surface area contributed by atoms with Crippen molar-refractivity contribution in [2.24, 2.45) is 0 Å². The van der Waals surface area contributed by atoms with E-state index in [1.165, 1.54) is 6.20 Å². The van der Waals surface area contributed by atoms with Crippen molar-refractivity contribution in [3.63, 3.8) is 0 Å². The zero-order valence-corrected chi connectivity index (χ0v) is 10.9. The molecule has 0 radical (unpaired) electrons. The Hall–Kier alpha value is -2.29. The average Bonchev–Trinajstić information content (AvgIpc) is 2.37. The largest absolute Gasteiger partial charge is 0.506 e. The van der Waals surface area contributed by atoms with Gasteiger partial charge in [-0.2, -0.15) is 0 Å². The van der Waals surface area contributed by atoms with Crippen molar-refractivity contribution in [2.75, 3.05) is 0 Å². The first-order valence-corrected chi connectivity index (χ1v) is 6.22.